The lowest BCUT2D eigenvalue weighted by Crippen LogP contribution is -2.40. The van der Waals surface area contributed by atoms with Crippen molar-refractivity contribution in [3.05, 3.63) is 35.4 Å². The van der Waals surface area contributed by atoms with Gasteiger partial charge in [-0.2, -0.15) is 0 Å². The van der Waals surface area contributed by atoms with Crippen LogP contribution in [0, 0.1) is 17.6 Å². The van der Waals surface area contributed by atoms with Crippen LogP contribution in [0.5, 0.6) is 0 Å². The van der Waals surface area contributed by atoms with Crippen molar-refractivity contribution in [2.45, 2.75) is 25.3 Å². The first-order valence-corrected chi connectivity index (χ1v) is 6.08. The van der Waals surface area contributed by atoms with Gasteiger partial charge in [0.05, 0.1) is 5.56 Å². The summed E-state index contributed by atoms with van der Waals surface area (Å²) in [5.41, 5.74) is 5.49. The van der Waals surface area contributed by atoms with Crippen molar-refractivity contribution in [3.63, 3.8) is 0 Å². The Hall–Kier alpha value is -1.49. The largest absolute Gasteiger partial charge is 0.349 e. The molecule has 18 heavy (non-hydrogen) atoms. The maximum Gasteiger partial charge on any atom is 0.254 e. The monoisotopic (exact) mass is 254 g/mol. The minimum absolute atomic E-state index is 0.00745. The molecular weight excluding hydrogens is 238 g/mol. The smallest absolute Gasteiger partial charge is 0.254 e. The van der Waals surface area contributed by atoms with Gasteiger partial charge >= 0.3 is 0 Å². The van der Waals surface area contributed by atoms with Crippen LogP contribution in [0.1, 0.15) is 29.6 Å². The van der Waals surface area contributed by atoms with Crippen LogP contribution >= 0.6 is 0 Å². The fraction of sp³-hybridized carbons (Fsp3) is 0.462. The molecule has 0 aromatic heterocycles. The average molecular weight is 254 g/mol. The predicted molar refractivity (Wildman–Crippen MR) is 64.0 cm³/mol. The second-order valence-corrected chi connectivity index (χ2v) is 4.63. The standard InChI is InChI=1S/C13H16F2N2O/c14-9-4-5-10(11(15)6-9)13(18)17-12-3-1-2-8(12)7-16/h4-6,8,12H,1-3,7,16H2,(H,17,18). The molecule has 0 radical (unpaired) electrons. The summed E-state index contributed by atoms with van der Waals surface area (Å²) >= 11 is 0. The van der Waals surface area contributed by atoms with Gasteiger partial charge in [0.1, 0.15) is 11.6 Å². The lowest BCUT2D eigenvalue weighted by Gasteiger charge is -2.19. The van der Waals surface area contributed by atoms with Crippen molar-refractivity contribution >= 4 is 5.91 Å². The molecule has 2 unspecified atom stereocenters. The molecule has 0 spiro atoms. The Morgan fingerprint density at radius 2 is 2.17 bits per heavy atom. The Morgan fingerprint density at radius 3 is 2.83 bits per heavy atom. The van der Waals surface area contributed by atoms with Crippen LogP contribution in [0.4, 0.5) is 8.78 Å². The van der Waals surface area contributed by atoms with Crippen LogP contribution in [0.25, 0.3) is 0 Å². The maximum absolute atomic E-state index is 13.4. The molecule has 1 aromatic rings. The van der Waals surface area contributed by atoms with Crippen molar-refractivity contribution in [3.8, 4) is 0 Å². The summed E-state index contributed by atoms with van der Waals surface area (Å²) in [7, 11) is 0. The molecule has 1 aliphatic rings. The van der Waals surface area contributed by atoms with Crippen molar-refractivity contribution in [2.24, 2.45) is 11.7 Å². The minimum Gasteiger partial charge on any atom is -0.349 e. The van der Waals surface area contributed by atoms with Crippen LogP contribution in [-0.2, 0) is 0 Å². The average Bonchev–Trinajstić information content (AvgIpc) is 2.76. The van der Waals surface area contributed by atoms with E-state index in [4.69, 9.17) is 5.73 Å². The minimum atomic E-state index is -0.838. The second kappa shape index (κ2) is 5.44. The van der Waals surface area contributed by atoms with Crippen LogP contribution < -0.4 is 11.1 Å². The van der Waals surface area contributed by atoms with Crippen molar-refractivity contribution in [1.82, 2.24) is 5.32 Å². The molecule has 1 amide bonds. The van der Waals surface area contributed by atoms with Crippen LogP contribution in [-0.4, -0.2) is 18.5 Å². The highest BCUT2D eigenvalue weighted by Gasteiger charge is 2.28. The van der Waals surface area contributed by atoms with Crippen molar-refractivity contribution < 1.29 is 13.6 Å². The first-order chi connectivity index (χ1) is 8.61. The molecule has 0 saturated heterocycles. The molecule has 2 rings (SSSR count). The second-order valence-electron chi connectivity index (χ2n) is 4.63. The van der Waals surface area contributed by atoms with Gasteiger partial charge in [0, 0.05) is 12.1 Å². The van der Waals surface area contributed by atoms with Crippen LogP contribution in [0.2, 0.25) is 0 Å². The quantitative estimate of drug-likeness (QED) is 0.864. The molecule has 0 aliphatic heterocycles. The van der Waals surface area contributed by atoms with Gasteiger partial charge < -0.3 is 11.1 Å². The molecule has 5 heteroatoms. The van der Waals surface area contributed by atoms with E-state index in [0.717, 1.165) is 31.4 Å². The van der Waals surface area contributed by atoms with Gasteiger partial charge in [0.2, 0.25) is 0 Å². The third-order valence-corrected chi connectivity index (χ3v) is 3.45. The van der Waals surface area contributed by atoms with E-state index in [1.165, 1.54) is 0 Å². The highest BCUT2D eigenvalue weighted by Crippen LogP contribution is 2.25. The SMILES string of the molecule is NCC1CCCC1NC(=O)c1ccc(F)cc1F. The Labute approximate surface area is 104 Å². The fourth-order valence-corrected chi connectivity index (χ4v) is 2.43. The van der Waals surface area contributed by atoms with E-state index >= 15 is 0 Å². The Balaban J connectivity index is 2.07. The van der Waals surface area contributed by atoms with E-state index in [-0.39, 0.29) is 17.5 Å². The zero-order chi connectivity index (χ0) is 13.1. The summed E-state index contributed by atoms with van der Waals surface area (Å²) in [4.78, 5) is 11.9. The number of nitrogens with one attached hydrogen (secondary N) is 1. The predicted octanol–water partition coefficient (Wildman–Crippen LogP) is 1.82. The van der Waals surface area contributed by atoms with E-state index in [1.807, 2.05) is 0 Å². The molecule has 0 bridgehead atoms. The number of nitrogens with two attached hydrogens (primary N) is 1. The molecule has 2 atom stereocenters. The van der Waals surface area contributed by atoms with Gasteiger partial charge in [-0.15, -0.1) is 0 Å². The lowest BCUT2D eigenvalue weighted by atomic mass is 10.0. The number of hydrogen-bond donors (Lipinski definition) is 2. The number of amides is 1. The summed E-state index contributed by atoms with van der Waals surface area (Å²) in [6.45, 7) is 0.511. The number of hydrogen-bond acceptors (Lipinski definition) is 2. The first kappa shape index (κ1) is 13.0. The highest BCUT2D eigenvalue weighted by molar-refractivity contribution is 5.94. The molecule has 1 saturated carbocycles. The maximum atomic E-state index is 13.4. The number of benzene rings is 1. The molecule has 0 heterocycles. The van der Waals surface area contributed by atoms with Crippen molar-refractivity contribution in [2.75, 3.05) is 6.54 Å². The van der Waals surface area contributed by atoms with Crippen LogP contribution in [0.15, 0.2) is 18.2 Å². The highest BCUT2D eigenvalue weighted by atomic mass is 19.1. The Bertz CT molecular complexity index is 451. The lowest BCUT2D eigenvalue weighted by molar-refractivity contribution is 0.0924. The molecule has 98 valence electrons. The van der Waals surface area contributed by atoms with E-state index in [0.29, 0.717) is 12.6 Å². The van der Waals surface area contributed by atoms with Crippen molar-refractivity contribution in [1.29, 1.82) is 0 Å². The zero-order valence-electron chi connectivity index (χ0n) is 9.96. The summed E-state index contributed by atoms with van der Waals surface area (Å²) in [5.74, 6) is -1.78. The van der Waals surface area contributed by atoms with Gasteiger partial charge in [-0.25, -0.2) is 8.78 Å². The van der Waals surface area contributed by atoms with Crippen LogP contribution in [0.3, 0.4) is 0 Å². The molecule has 1 fully saturated rings. The van der Waals surface area contributed by atoms with Gasteiger partial charge in [-0.3, -0.25) is 4.79 Å². The van der Waals surface area contributed by atoms with E-state index in [1.54, 1.807) is 0 Å². The van der Waals surface area contributed by atoms with Gasteiger partial charge in [-0.1, -0.05) is 6.42 Å². The van der Waals surface area contributed by atoms with Gasteiger partial charge in [-0.05, 0) is 37.4 Å². The Kier molecular flexibility index (Phi) is 3.91. The third kappa shape index (κ3) is 2.67. The Morgan fingerprint density at radius 1 is 1.39 bits per heavy atom. The summed E-state index contributed by atoms with van der Waals surface area (Å²) in [5, 5.41) is 2.78. The van der Waals surface area contributed by atoms with Gasteiger partial charge in [0.25, 0.3) is 5.91 Å². The normalized spacial score (nSPS) is 23.1. The van der Waals surface area contributed by atoms with E-state index in [2.05, 4.69) is 5.32 Å². The summed E-state index contributed by atoms with van der Waals surface area (Å²) in [6.07, 6.45) is 2.85. The molecule has 1 aromatic carbocycles. The molecule has 3 N–H and O–H groups in total. The number of halogens is 2. The first-order valence-electron chi connectivity index (χ1n) is 6.08. The topological polar surface area (TPSA) is 55.1 Å². The van der Waals surface area contributed by atoms with Gasteiger partial charge in [0.15, 0.2) is 0 Å². The summed E-state index contributed by atoms with van der Waals surface area (Å²) < 4.78 is 26.2. The fourth-order valence-electron chi connectivity index (χ4n) is 2.43. The van der Waals surface area contributed by atoms with E-state index in [9.17, 15) is 13.6 Å². The third-order valence-electron chi connectivity index (χ3n) is 3.45. The number of carbonyl (C=O) groups is 1. The molecular formula is C13H16F2N2O. The number of rotatable bonds is 3. The number of carbonyl (C=O) groups excluding carboxylic acids is 1. The zero-order valence-corrected chi connectivity index (χ0v) is 9.96. The molecule has 1 aliphatic carbocycles. The van der Waals surface area contributed by atoms with E-state index < -0.39 is 17.5 Å². The molecule has 3 nitrogen and oxygen atoms in total. The summed E-state index contributed by atoms with van der Waals surface area (Å²) in [6, 6.07) is 2.94.